The van der Waals surface area contributed by atoms with E-state index in [-0.39, 0.29) is 0 Å². The van der Waals surface area contributed by atoms with Crippen molar-refractivity contribution in [3.8, 4) is 0 Å². The van der Waals surface area contributed by atoms with E-state index >= 15 is 0 Å². The van der Waals surface area contributed by atoms with Crippen molar-refractivity contribution >= 4 is 12.1 Å². The zero-order chi connectivity index (χ0) is 9.68. The number of carbonyl (C=O) groups is 1. The van der Waals surface area contributed by atoms with Crippen molar-refractivity contribution in [2.45, 2.75) is 6.42 Å². The summed E-state index contributed by atoms with van der Waals surface area (Å²) >= 11 is 0. The van der Waals surface area contributed by atoms with E-state index in [0.29, 0.717) is 12.0 Å². The van der Waals surface area contributed by atoms with Gasteiger partial charge in [-0.25, -0.2) is 5.48 Å². The van der Waals surface area contributed by atoms with Gasteiger partial charge in [-0.05, 0) is 6.08 Å². The second-order valence-electron chi connectivity index (χ2n) is 2.51. The van der Waals surface area contributed by atoms with Crippen LogP contribution in [0.3, 0.4) is 0 Å². The summed E-state index contributed by atoms with van der Waals surface area (Å²) in [6, 6.07) is 0. The summed E-state index contributed by atoms with van der Waals surface area (Å²) in [4.78, 5) is 14.9. The van der Waals surface area contributed by atoms with E-state index in [4.69, 9.17) is 5.21 Å². The first-order valence-electron chi connectivity index (χ1n) is 3.81. The lowest BCUT2D eigenvalue weighted by molar-refractivity contribution is -0.125. The fourth-order valence-electron chi connectivity index (χ4n) is 0.956. The minimum atomic E-state index is -0.505. The van der Waals surface area contributed by atoms with Crippen LogP contribution in [0, 0.1) is 0 Å². The van der Waals surface area contributed by atoms with Crippen molar-refractivity contribution in [1.29, 1.82) is 0 Å². The van der Waals surface area contributed by atoms with Crippen molar-refractivity contribution in [2.75, 3.05) is 7.05 Å². The van der Waals surface area contributed by atoms with E-state index in [9.17, 15) is 4.79 Å². The van der Waals surface area contributed by atoms with Gasteiger partial charge in [0.2, 0.25) is 0 Å². The highest BCUT2D eigenvalue weighted by Gasteiger charge is 2.10. The van der Waals surface area contributed by atoms with Crippen LogP contribution < -0.4 is 10.8 Å². The number of hydrogen-bond acceptors (Lipinski definition) is 4. The molecule has 0 aromatic heterocycles. The van der Waals surface area contributed by atoms with Gasteiger partial charge in [-0.2, -0.15) is 0 Å². The maximum absolute atomic E-state index is 11.0. The monoisotopic (exact) mass is 181 g/mol. The first kappa shape index (κ1) is 9.47. The first-order chi connectivity index (χ1) is 6.27. The molecule has 3 N–H and O–H groups in total. The standard InChI is InChI=1S/C8H11N3O2/c1-9-7-4-6(8(12)11-13)2-3-10-5-7/h2-3,5,9,13H,4H2,1H3,(H,11,12). The van der Waals surface area contributed by atoms with Gasteiger partial charge in [-0.1, -0.05) is 0 Å². The van der Waals surface area contributed by atoms with Gasteiger partial charge < -0.3 is 5.32 Å². The van der Waals surface area contributed by atoms with Crippen LogP contribution in [0.4, 0.5) is 0 Å². The Bertz CT molecular complexity index is 292. The predicted molar refractivity (Wildman–Crippen MR) is 48.3 cm³/mol. The van der Waals surface area contributed by atoms with E-state index in [1.54, 1.807) is 24.8 Å². The summed E-state index contributed by atoms with van der Waals surface area (Å²) in [6.45, 7) is 0. The molecular formula is C8H11N3O2. The van der Waals surface area contributed by atoms with Crippen LogP contribution in [-0.4, -0.2) is 24.4 Å². The number of carbonyl (C=O) groups excluding carboxylic acids is 1. The summed E-state index contributed by atoms with van der Waals surface area (Å²) in [5, 5.41) is 11.3. The Morgan fingerprint density at radius 1 is 1.69 bits per heavy atom. The van der Waals surface area contributed by atoms with Gasteiger partial charge in [0.25, 0.3) is 5.91 Å². The van der Waals surface area contributed by atoms with Gasteiger partial charge in [0.15, 0.2) is 0 Å². The van der Waals surface area contributed by atoms with Gasteiger partial charge in [0, 0.05) is 37.2 Å². The number of allylic oxidation sites excluding steroid dienone is 2. The molecule has 1 rings (SSSR count). The highest BCUT2D eigenvalue weighted by atomic mass is 16.5. The summed E-state index contributed by atoms with van der Waals surface area (Å²) < 4.78 is 0. The molecule has 0 saturated carbocycles. The van der Waals surface area contributed by atoms with Crippen LogP contribution in [0.1, 0.15) is 6.42 Å². The van der Waals surface area contributed by atoms with E-state index in [1.165, 1.54) is 6.21 Å². The Balaban J connectivity index is 2.79. The Hall–Kier alpha value is -1.62. The highest BCUT2D eigenvalue weighted by molar-refractivity contribution is 5.97. The minimum Gasteiger partial charge on any atom is -0.390 e. The summed E-state index contributed by atoms with van der Waals surface area (Å²) in [5.41, 5.74) is 2.87. The van der Waals surface area contributed by atoms with Crippen molar-refractivity contribution in [3.05, 3.63) is 23.5 Å². The average Bonchev–Trinajstić information content (AvgIpc) is 2.41. The molecule has 0 saturated heterocycles. The van der Waals surface area contributed by atoms with Gasteiger partial charge in [-0.3, -0.25) is 15.0 Å². The maximum Gasteiger partial charge on any atom is 0.271 e. The molecule has 0 aliphatic carbocycles. The minimum absolute atomic E-state index is 0.433. The number of hydrogen-bond donors (Lipinski definition) is 3. The topological polar surface area (TPSA) is 73.7 Å². The Morgan fingerprint density at radius 2 is 2.46 bits per heavy atom. The third-order valence-corrected chi connectivity index (χ3v) is 1.69. The molecule has 1 aliphatic heterocycles. The second-order valence-corrected chi connectivity index (χ2v) is 2.51. The summed E-state index contributed by atoms with van der Waals surface area (Å²) in [7, 11) is 1.75. The normalized spacial score (nSPS) is 15.5. The Labute approximate surface area is 75.8 Å². The molecule has 0 unspecified atom stereocenters. The molecular weight excluding hydrogens is 170 g/mol. The van der Waals surface area contributed by atoms with Crippen LogP contribution in [0.25, 0.3) is 0 Å². The van der Waals surface area contributed by atoms with E-state index in [2.05, 4.69) is 10.3 Å². The molecule has 70 valence electrons. The molecule has 13 heavy (non-hydrogen) atoms. The molecule has 0 fully saturated rings. The number of amides is 1. The lowest BCUT2D eigenvalue weighted by Crippen LogP contribution is -2.22. The van der Waals surface area contributed by atoms with Crippen molar-refractivity contribution in [3.63, 3.8) is 0 Å². The lowest BCUT2D eigenvalue weighted by Gasteiger charge is -2.05. The molecule has 1 heterocycles. The van der Waals surface area contributed by atoms with Crippen LogP contribution in [0.15, 0.2) is 28.5 Å². The summed E-state index contributed by atoms with van der Waals surface area (Å²) in [6.07, 6.45) is 5.14. The van der Waals surface area contributed by atoms with Gasteiger partial charge in [0.05, 0.1) is 0 Å². The quantitative estimate of drug-likeness (QED) is 0.413. The largest absolute Gasteiger partial charge is 0.390 e. The fourth-order valence-corrected chi connectivity index (χ4v) is 0.956. The van der Waals surface area contributed by atoms with Crippen LogP contribution in [0.5, 0.6) is 0 Å². The molecule has 0 aromatic carbocycles. The number of nitrogens with one attached hydrogen (secondary N) is 2. The molecule has 1 amide bonds. The summed E-state index contributed by atoms with van der Waals surface area (Å²) in [5.74, 6) is -0.505. The number of rotatable bonds is 2. The predicted octanol–water partition coefficient (Wildman–Crippen LogP) is -0.0465. The molecule has 0 spiro atoms. The van der Waals surface area contributed by atoms with Crippen molar-refractivity contribution in [2.24, 2.45) is 4.99 Å². The molecule has 5 nitrogen and oxygen atoms in total. The van der Waals surface area contributed by atoms with Gasteiger partial charge in [-0.15, -0.1) is 0 Å². The fraction of sp³-hybridized carbons (Fsp3) is 0.250. The Kier molecular flexibility index (Phi) is 3.22. The van der Waals surface area contributed by atoms with Crippen LogP contribution in [0.2, 0.25) is 0 Å². The third kappa shape index (κ3) is 2.41. The number of nitrogens with zero attached hydrogens (tertiary/aromatic N) is 1. The zero-order valence-corrected chi connectivity index (χ0v) is 7.24. The first-order valence-corrected chi connectivity index (χ1v) is 3.81. The molecule has 0 radical (unpaired) electrons. The van der Waals surface area contributed by atoms with E-state index in [1.807, 2.05) is 0 Å². The molecule has 0 atom stereocenters. The van der Waals surface area contributed by atoms with E-state index in [0.717, 1.165) is 5.70 Å². The number of hydroxylamine groups is 1. The smallest absolute Gasteiger partial charge is 0.271 e. The molecule has 0 aromatic rings. The Morgan fingerprint density at radius 3 is 3.08 bits per heavy atom. The van der Waals surface area contributed by atoms with Gasteiger partial charge in [0.1, 0.15) is 0 Å². The van der Waals surface area contributed by atoms with Crippen molar-refractivity contribution in [1.82, 2.24) is 10.8 Å². The van der Waals surface area contributed by atoms with Crippen molar-refractivity contribution < 1.29 is 10.0 Å². The van der Waals surface area contributed by atoms with Crippen LogP contribution in [-0.2, 0) is 4.79 Å². The molecule has 0 bridgehead atoms. The van der Waals surface area contributed by atoms with Gasteiger partial charge >= 0.3 is 0 Å². The van der Waals surface area contributed by atoms with Crippen LogP contribution >= 0.6 is 0 Å². The average molecular weight is 181 g/mol. The maximum atomic E-state index is 11.0. The third-order valence-electron chi connectivity index (χ3n) is 1.69. The number of aliphatic imine (C=N–C) groups is 1. The lowest BCUT2D eigenvalue weighted by atomic mass is 10.1. The van der Waals surface area contributed by atoms with E-state index < -0.39 is 5.91 Å². The zero-order valence-electron chi connectivity index (χ0n) is 7.24. The molecule has 5 heteroatoms. The highest BCUT2D eigenvalue weighted by Crippen LogP contribution is 2.10. The second kappa shape index (κ2) is 4.42. The SMILES string of the molecule is CNC1=CN=CC=C(C(=O)NO)C1. The molecule has 1 aliphatic rings.